The highest BCUT2D eigenvalue weighted by atomic mass is 16.2. The average Bonchev–Trinajstić information content (AvgIpc) is 2.63. The lowest BCUT2D eigenvalue weighted by molar-refractivity contribution is -0.142. The summed E-state index contributed by atoms with van der Waals surface area (Å²) in [5, 5.41) is 0. The van der Waals surface area contributed by atoms with Crippen LogP contribution in [-0.2, 0) is 16.0 Å². The molecule has 2 saturated heterocycles. The van der Waals surface area contributed by atoms with Gasteiger partial charge in [-0.15, -0.1) is 0 Å². The van der Waals surface area contributed by atoms with E-state index in [0.717, 1.165) is 57.5 Å². The number of amides is 2. The van der Waals surface area contributed by atoms with E-state index in [9.17, 15) is 9.59 Å². The molecule has 3 heterocycles. The Labute approximate surface area is 156 Å². The van der Waals surface area contributed by atoms with Gasteiger partial charge in [-0.05, 0) is 51.1 Å². The zero-order chi connectivity index (χ0) is 18.6. The second-order valence-electron chi connectivity index (χ2n) is 8.07. The summed E-state index contributed by atoms with van der Waals surface area (Å²) in [4.78, 5) is 35.2. The first-order chi connectivity index (χ1) is 12.5. The third-order valence-electron chi connectivity index (χ3n) is 5.68. The molecule has 2 fully saturated rings. The molecule has 0 saturated carbocycles. The molecule has 2 aliphatic heterocycles. The van der Waals surface area contributed by atoms with E-state index < -0.39 is 0 Å². The molecule has 1 aromatic heterocycles. The Balaban J connectivity index is 1.63. The summed E-state index contributed by atoms with van der Waals surface area (Å²) in [6.45, 7) is 4.06. The highest BCUT2D eigenvalue weighted by Gasteiger charge is 2.42. The van der Waals surface area contributed by atoms with Gasteiger partial charge in [0.1, 0.15) is 0 Å². The van der Waals surface area contributed by atoms with Gasteiger partial charge >= 0.3 is 0 Å². The van der Waals surface area contributed by atoms with E-state index in [1.165, 1.54) is 0 Å². The first-order valence-corrected chi connectivity index (χ1v) is 9.57. The Morgan fingerprint density at radius 1 is 1.23 bits per heavy atom. The van der Waals surface area contributed by atoms with Gasteiger partial charge in [0.2, 0.25) is 11.8 Å². The fourth-order valence-corrected chi connectivity index (χ4v) is 4.17. The van der Waals surface area contributed by atoms with Gasteiger partial charge < -0.3 is 14.7 Å². The number of hydrogen-bond donors (Lipinski definition) is 0. The Hall–Kier alpha value is -1.95. The van der Waals surface area contributed by atoms with Gasteiger partial charge in [0.05, 0.1) is 6.42 Å². The number of pyridine rings is 1. The van der Waals surface area contributed by atoms with Gasteiger partial charge in [0.15, 0.2) is 0 Å². The highest BCUT2D eigenvalue weighted by Crippen LogP contribution is 2.39. The fourth-order valence-electron chi connectivity index (χ4n) is 4.17. The molecule has 0 aromatic carbocycles. The first kappa shape index (κ1) is 18.8. The topological polar surface area (TPSA) is 56.8 Å². The maximum Gasteiger partial charge on any atom is 0.227 e. The van der Waals surface area contributed by atoms with Crippen LogP contribution in [0, 0.1) is 5.41 Å². The number of hydrogen-bond acceptors (Lipinski definition) is 4. The molecular weight excluding hydrogens is 328 g/mol. The second-order valence-corrected chi connectivity index (χ2v) is 8.07. The molecule has 3 rings (SSSR count). The molecule has 6 heteroatoms. The van der Waals surface area contributed by atoms with E-state index in [2.05, 4.69) is 9.88 Å². The minimum atomic E-state index is 0.0758. The molecule has 0 aliphatic carbocycles. The number of aromatic nitrogens is 1. The van der Waals surface area contributed by atoms with Crippen LogP contribution in [0.1, 0.15) is 31.2 Å². The van der Waals surface area contributed by atoms with Crippen LogP contribution in [-0.4, -0.2) is 78.3 Å². The van der Waals surface area contributed by atoms with Crippen LogP contribution in [0.15, 0.2) is 24.5 Å². The lowest BCUT2D eigenvalue weighted by Gasteiger charge is -2.48. The number of likely N-dealkylation sites (tertiary alicyclic amines) is 2. The van der Waals surface area contributed by atoms with Gasteiger partial charge in [-0.3, -0.25) is 14.6 Å². The predicted molar refractivity (Wildman–Crippen MR) is 101 cm³/mol. The summed E-state index contributed by atoms with van der Waals surface area (Å²) >= 11 is 0. The van der Waals surface area contributed by atoms with E-state index in [-0.39, 0.29) is 17.2 Å². The van der Waals surface area contributed by atoms with Crippen molar-refractivity contribution < 1.29 is 9.59 Å². The molecule has 1 aromatic rings. The molecule has 2 amide bonds. The second kappa shape index (κ2) is 8.16. The molecule has 6 nitrogen and oxygen atoms in total. The van der Waals surface area contributed by atoms with Crippen LogP contribution in [0.4, 0.5) is 0 Å². The molecule has 0 bridgehead atoms. The Morgan fingerprint density at radius 3 is 2.73 bits per heavy atom. The Kier molecular flexibility index (Phi) is 5.91. The van der Waals surface area contributed by atoms with Gasteiger partial charge in [-0.1, -0.05) is 0 Å². The van der Waals surface area contributed by atoms with Crippen molar-refractivity contribution in [3.05, 3.63) is 30.1 Å². The van der Waals surface area contributed by atoms with Gasteiger partial charge in [-0.25, -0.2) is 0 Å². The van der Waals surface area contributed by atoms with E-state index in [4.69, 9.17) is 0 Å². The van der Waals surface area contributed by atoms with Gasteiger partial charge in [-0.2, -0.15) is 0 Å². The minimum absolute atomic E-state index is 0.0758. The average molecular weight is 358 g/mol. The summed E-state index contributed by atoms with van der Waals surface area (Å²) < 4.78 is 0. The predicted octanol–water partition coefficient (Wildman–Crippen LogP) is 1.42. The smallest absolute Gasteiger partial charge is 0.227 e. The van der Waals surface area contributed by atoms with E-state index in [1.807, 2.05) is 36.0 Å². The Bertz CT molecular complexity index is 634. The summed E-state index contributed by atoms with van der Waals surface area (Å²) in [5.41, 5.74) is 1.09. The number of carbonyl (C=O) groups excluding carboxylic acids is 2. The van der Waals surface area contributed by atoms with Crippen molar-refractivity contribution in [3.8, 4) is 0 Å². The summed E-state index contributed by atoms with van der Waals surface area (Å²) in [5.74, 6) is 0.449. The van der Waals surface area contributed by atoms with Crippen molar-refractivity contribution in [2.75, 3.05) is 46.8 Å². The maximum absolute atomic E-state index is 12.8. The fraction of sp³-hybridized carbons (Fsp3) is 0.650. The van der Waals surface area contributed by atoms with Crippen LogP contribution in [0.5, 0.6) is 0 Å². The zero-order valence-electron chi connectivity index (χ0n) is 16.0. The zero-order valence-corrected chi connectivity index (χ0v) is 16.0. The summed E-state index contributed by atoms with van der Waals surface area (Å²) in [7, 11) is 4.06. The monoisotopic (exact) mass is 358 g/mol. The van der Waals surface area contributed by atoms with Gasteiger partial charge in [0.25, 0.3) is 0 Å². The maximum atomic E-state index is 12.8. The van der Waals surface area contributed by atoms with Crippen LogP contribution < -0.4 is 0 Å². The van der Waals surface area contributed by atoms with Crippen molar-refractivity contribution in [2.24, 2.45) is 5.41 Å². The van der Waals surface area contributed by atoms with E-state index in [1.54, 1.807) is 12.4 Å². The van der Waals surface area contributed by atoms with Crippen molar-refractivity contribution in [3.63, 3.8) is 0 Å². The van der Waals surface area contributed by atoms with Crippen molar-refractivity contribution in [2.45, 2.75) is 32.1 Å². The van der Waals surface area contributed by atoms with Crippen LogP contribution in [0.25, 0.3) is 0 Å². The summed E-state index contributed by atoms with van der Waals surface area (Å²) in [6, 6.07) is 3.81. The molecule has 26 heavy (non-hydrogen) atoms. The molecule has 1 spiro atoms. The van der Waals surface area contributed by atoms with Crippen LogP contribution in [0.2, 0.25) is 0 Å². The largest absolute Gasteiger partial charge is 0.342 e. The van der Waals surface area contributed by atoms with Crippen LogP contribution in [0.3, 0.4) is 0 Å². The van der Waals surface area contributed by atoms with Crippen LogP contribution >= 0.6 is 0 Å². The van der Waals surface area contributed by atoms with Crippen molar-refractivity contribution in [1.29, 1.82) is 0 Å². The SMILES string of the molecule is CN(C)CCN1CC2(CCCN(C(=O)Cc3ccncc3)C2)CCC1=O. The lowest BCUT2D eigenvalue weighted by atomic mass is 9.73. The molecule has 142 valence electrons. The molecule has 0 radical (unpaired) electrons. The lowest BCUT2D eigenvalue weighted by Crippen LogP contribution is -2.56. The molecule has 1 atom stereocenters. The first-order valence-electron chi connectivity index (χ1n) is 9.57. The quantitative estimate of drug-likeness (QED) is 0.799. The normalized spacial score (nSPS) is 23.7. The van der Waals surface area contributed by atoms with E-state index in [0.29, 0.717) is 12.8 Å². The van der Waals surface area contributed by atoms with E-state index >= 15 is 0 Å². The standard InChI is InChI=1S/C20H30N4O2/c1-22(2)12-13-24-16-20(8-4-18(24)25)7-3-11-23(15-20)19(26)14-17-5-9-21-10-6-17/h5-6,9-10H,3-4,7-8,11-16H2,1-2H3. The van der Waals surface area contributed by atoms with Crippen molar-refractivity contribution >= 4 is 11.8 Å². The Morgan fingerprint density at radius 2 is 2.00 bits per heavy atom. The summed E-state index contributed by atoms with van der Waals surface area (Å²) in [6.07, 6.45) is 7.55. The third-order valence-corrected chi connectivity index (χ3v) is 5.68. The number of piperidine rings is 2. The number of rotatable bonds is 5. The molecule has 0 N–H and O–H groups in total. The highest BCUT2D eigenvalue weighted by molar-refractivity contribution is 5.79. The number of carbonyl (C=O) groups is 2. The van der Waals surface area contributed by atoms with Crippen molar-refractivity contribution in [1.82, 2.24) is 19.7 Å². The molecular formula is C20H30N4O2. The number of nitrogens with zero attached hydrogens (tertiary/aromatic N) is 4. The molecule has 2 aliphatic rings. The van der Waals surface area contributed by atoms with Gasteiger partial charge in [0, 0.05) is 57.0 Å². The number of likely N-dealkylation sites (N-methyl/N-ethyl adjacent to an activating group) is 1. The molecule has 1 unspecified atom stereocenters. The minimum Gasteiger partial charge on any atom is -0.342 e. The third kappa shape index (κ3) is 4.61.